The normalized spacial score (nSPS) is 11.2. The molecule has 0 saturated heterocycles. The molecule has 1 amide bonds. The fraction of sp³-hybridized carbons (Fsp3) is 0.136. The van der Waals surface area contributed by atoms with E-state index in [1.165, 1.54) is 36.4 Å². The third kappa shape index (κ3) is 4.13. The molecule has 8 nitrogen and oxygen atoms in total. The molecule has 0 unspecified atom stereocenters. The number of allylic oxidation sites excluding steroid dienone is 1. The Morgan fingerprint density at radius 1 is 1.13 bits per heavy atom. The van der Waals surface area contributed by atoms with Crippen LogP contribution in [0.3, 0.4) is 0 Å². The Morgan fingerprint density at radius 3 is 2.29 bits per heavy atom. The first kappa shape index (κ1) is 22.0. The van der Waals surface area contributed by atoms with Crippen molar-refractivity contribution in [1.82, 2.24) is 4.57 Å². The van der Waals surface area contributed by atoms with Crippen LogP contribution in [0.15, 0.2) is 77.0 Å². The first-order valence-corrected chi connectivity index (χ1v) is 10.8. The maximum absolute atomic E-state index is 13.4. The molecule has 1 N–H and O–H groups in total. The molecule has 160 valence electrons. The molecule has 0 saturated carbocycles. The Morgan fingerprint density at radius 2 is 1.74 bits per heavy atom. The Balaban J connectivity index is 2.12. The second-order valence-corrected chi connectivity index (χ2v) is 8.75. The fourth-order valence-corrected chi connectivity index (χ4v) is 4.99. The lowest BCUT2D eigenvalue weighted by Gasteiger charge is -2.13. The number of nitrogens with one attached hydrogen (secondary N) is 1. The van der Waals surface area contributed by atoms with Gasteiger partial charge in [0.15, 0.2) is 0 Å². The van der Waals surface area contributed by atoms with E-state index in [2.05, 4.69) is 11.9 Å². The van der Waals surface area contributed by atoms with Gasteiger partial charge in [-0.05, 0) is 43.7 Å². The summed E-state index contributed by atoms with van der Waals surface area (Å²) in [5, 5.41) is 13.5. The smallest absolute Gasteiger partial charge is 0.269 e. The number of anilines is 1. The molecule has 0 spiro atoms. The Hall–Kier alpha value is -3.72. The summed E-state index contributed by atoms with van der Waals surface area (Å²) in [4.78, 5) is 23.3. The molecule has 1 aromatic heterocycles. The van der Waals surface area contributed by atoms with E-state index >= 15 is 0 Å². The number of nitro groups is 1. The minimum absolute atomic E-state index is 0.00770. The first-order chi connectivity index (χ1) is 14.7. The van der Waals surface area contributed by atoms with Crippen molar-refractivity contribution in [3.05, 3.63) is 94.2 Å². The lowest BCUT2D eigenvalue weighted by atomic mass is 10.2. The molecule has 0 aliphatic heterocycles. The van der Waals surface area contributed by atoms with E-state index < -0.39 is 20.7 Å². The molecule has 31 heavy (non-hydrogen) atoms. The summed E-state index contributed by atoms with van der Waals surface area (Å²) < 4.78 is 28.5. The van der Waals surface area contributed by atoms with Gasteiger partial charge in [0, 0.05) is 29.9 Å². The number of sulfone groups is 1. The number of non-ortho nitro benzene ring substituents is 1. The number of amides is 1. The highest BCUT2D eigenvalue weighted by atomic mass is 32.2. The molecule has 0 bridgehead atoms. The summed E-state index contributed by atoms with van der Waals surface area (Å²) >= 11 is 0. The van der Waals surface area contributed by atoms with Crippen LogP contribution in [0.1, 0.15) is 21.6 Å². The van der Waals surface area contributed by atoms with Crippen LogP contribution < -0.4 is 5.32 Å². The van der Waals surface area contributed by atoms with Gasteiger partial charge in [0.1, 0.15) is 10.7 Å². The molecular formula is C22H21N3O5S. The topological polar surface area (TPSA) is 111 Å². The molecule has 0 aliphatic rings. The highest BCUT2D eigenvalue weighted by Gasteiger charge is 2.30. The van der Waals surface area contributed by atoms with Gasteiger partial charge in [-0.3, -0.25) is 14.9 Å². The van der Waals surface area contributed by atoms with Crippen LogP contribution in [0.25, 0.3) is 0 Å². The number of nitro benzene ring substituents is 1. The summed E-state index contributed by atoms with van der Waals surface area (Å²) in [6, 6.07) is 13.0. The van der Waals surface area contributed by atoms with Crippen molar-refractivity contribution in [2.24, 2.45) is 0 Å². The van der Waals surface area contributed by atoms with Crippen molar-refractivity contribution in [2.45, 2.75) is 30.2 Å². The number of rotatable bonds is 7. The lowest BCUT2D eigenvalue weighted by molar-refractivity contribution is -0.384. The quantitative estimate of drug-likeness (QED) is 0.335. The van der Waals surface area contributed by atoms with Crippen LogP contribution in [-0.4, -0.2) is 23.8 Å². The summed E-state index contributed by atoms with van der Waals surface area (Å²) in [5.74, 6) is -0.454. The third-order valence-electron chi connectivity index (χ3n) is 4.98. The number of hydrogen-bond acceptors (Lipinski definition) is 5. The number of nitrogens with zero attached hydrogens (tertiary/aromatic N) is 2. The van der Waals surface area contributed by atoms with Gasteiger partial charge in [-0.25, -0.2) is 8.42 Å². The van der Waals surface area contributed by atoms with Crippen molar-refractivity contribution >= 4 is 27.2 Å². The van der Waals surface area contributed by atoms with Crippen molar-refractivity contribution in [1.29, 1.82) is 0 Å². The molecule has 3 rings (SSSR count). The standard InChI is InChI=1S/C22H21N3O5S/c1-4-14-24-16(3)15(2)20(31(29,30)19-8-6-5-7-9-19)21(24)23-22(26)17-10-12-18(13-11-17)25(27)28/h4-13H,1,14H2,2-3H3,(H,23,26). The van der Waals surface area contributed by atoms with E-state index in [9.17, 15) is 23.3 Å². The molecule has 2 aromatic carbocycles. The number of carbonyl (C=O) groups excluding carboxylic acids is 1. The summed E-state index contributed by atoms with van der Waals surface area (Å²) in [5.41, 5.74) is 1.21. The van der Waals surface area contributed by atoms with Crippen molar-refractivity contribution < 1.29 is 18.1 Å². The van der Waals surface area contributed by atoms with Gasteiger partial charge in [-0.1, -0.05) is 24.3 Å². The van der Waals surface area contributed by atoms with Gasteiger partial charge < -0.3 is 9.88 Å². The van der Waals surface area contributed by atoms with E-state index in [0.717, 1.165) is 0 Å². The zero-order valence-electron chi connectivity index (χ0n) is 17.0. The van der Waals surface area contributed by atoms with E-state index in [1.54, 1.807) is 42.7 Å². The van der Waals surface area contributed by atoms with Gasteiger partial charge in [-0.15, -0.1) is 6.58 Å². The van der Waals surface area contributed by atoms with Gasteiger partial charge in [0.05, 0.1) is 9.82 Å². The van der Waals surface area contributed by atoms with Crippen LogP contribution in [0.5, 0.6) is 0 Å². The summed E-state index contributed by atoms with van der Waals surface area (Å²) in [7, 11) is -3.93. The highest BCUT2D eigenvalue weighted by Crippen LogP contribution is 2.35. The molecule has 0 atom stereocenters. The summed E-state index contributed by atoms with van der Waals surface area (Å²) in [6.45, 7) is 7.45. The average molecular weight is 439 g/mol. The number of benzene rings is 2. The molecule has 0 fully saturated rings. The molecule has 0 aliphatic carbocycles. The minimum Gasteiger partial charge on any atom is -0.327 e. The average Bonchev–Trinajstić information content (AvgIpc) is 2.99. The molecular weight excluding hydrogens is 418 g/mol. The van der Waals surface area contributed by atoms with Crippen LogP contribution in [0.2, 0.25) is 0 Å². The van der Waals surface area contributed by atoms with Crippen LogP contribution in [0.4, 0.5) is 11.5 Å². The predicted molar refractivity (Wildman–Crippen MR) is 117 cm³/mol. The first-order valence-electron chi connectivity index (χ1n) is 9.35. The van der Waals surface area contributed by atoms with Gasteiger partial charge >= 0.3 is 0 Å². The maximum atomic E-state index is 13.4. The zero-order valence-corrected chi connectivity index (χ0v) is 17.8. The second kappa shape index (κ2) is 8.57. The van der Waals surface area contributed by atoms with E-state index in [4.69, 9.17) is 0 Å². The van der Waals surface area contributed by atoms with Crippen LogP contribution in [-0.2, 0) is 16.4 Å². The fourth-order valence-electron chi connectivity index (χ4n) is 3.28. The van der Waals surface area contributed by atoms with Crippen molar-refractivity contribution in [3.63, 3.8) is 0 Å². The molecule has 9 heteroatoms. The van der Waals surface area contributed by atoms with E-state index in [-0.39, 0.29) is 33.4 Å². The number of aromatic nitrogens is 1. The Bertz CT molecular complexity index is 1260. The monoisotopic (exact) mass is 439 g/mol. The van der Waals surface area contributed by atoms with Crippen molar-refractivity contribution in [2.75, 3.05) is 5.32 Å². The summed E-state index contributed by atoms with van der Waals surface area (Å²) in [6.07, 6.45) is 1.60. The van der Waals surface area contributed by atoms with Gasteiger partial charge in [0.2, 0.25) is 9.84 Å². The van der Waals surface area contributed by atoms with Gasteiger partial charge in [-0.2, -0.15) is 0 Å². The number of carbonyl (C=O) groups is 1. The van der Waals surface area contributed by atoms with Gasteiger partial charge in [0.25, 0.3) is 11.6 Å². The molecule has 1 heterocycles. The molecule has 3 aromatic rings. The van der Waals surface area contributed by atoms with Crippen LogP contribution >= 0.6 is 0 Å². The Kier molecular flexibility index (Phi) is 6.07. The SMILES string of the molecule is C=CCn1c(C)c(C)c(S(=O)(=O)c2ccccc2)c1NC(=O)c1ccc([N+](=O)[O-])cc1. The number of hydrogen-bond donors (Lipinski definition) is 1. The van der Waals surface area contributed by atoms with E-state index in [1.807, 2.05) is 0 Å². The van der Waals surface area contributed by atoms with E-state index in [0.29, 0.717) is 11.3 Å². The van der Waals surface area contributed by atoms with Crippen molar-refractivity contribution in [3.8, 4) is 0 Å². The Labute approximate surface area is 179 Å². The lowest BCUT2D eigenvalue weighted by Crippen LogP contribution is -2.18. The zero-order chi connectivity index (χ0) is 22.8. The predicted octanol–water partition coefficient (Wildman–Crippen LogP) is 4.28. The van der Waals surface area contributed by atoms with Crippen LogP contribution in [0, 0.1) is 24.0 Å². The maximum Gasteiger partial charge on any atom is 0.269 e. The third-order valence-corrected chi connectivity index (χ3v) is 6.91. The largest absolute Gasteiger partial charge is 0.327 e. The highest BCUT2D eigenvalue weighted by molar-refractivity contribution is 7.91. The minimum atomic E-state index is -3.93. The second-order valence-electron chi connectivity index (χ2n) is 6.86. The molecule has 0 radical (unpaired) electrons.